The zero-order valence-corrected chi connectivity index (χ0v) is 16.1. The Morgan fingerprint density at radius 1 is 0.889 bits per heavy atom. The average Bonchev–Trinajstić information content (AvgIpc) is 2.71. The molecule has 3 aromatic rings. The lowest BCUT2D eigenvalue weighted by Gasteiger charge is -2.31. The zero-order valence-electron chi connectivity index (χ0n) is 15.4. The summed E-state index contributed by atoms with van der Waals surface area (Å²) < 4.78 is 0. The first kappa shape index (κ1) is 18.1. The number of rotatable bonds is 5. The second-order valence-corrected chi connectivity index (χ2v) is 7.66. The van der Waals surface area contributed by atoms with E-state index in [0.29, 0.717) is 5.92 Å². The Balaban J connectivity index is 1.36. The Kier molecular flexibility index (Phi) is 5.81. The predicted octanol–water partition coefficient (Wildman–Crippen LogP) is 5.10. The topological polar surface area (TPSA) is 29.0 Å². The van der Waals surface area contributed by atoms with Gasteiger partial charge >= 0.3 is 0 Å². The Morgan fingerprint density at radius 2 is 1.67 bits per heavy atom. The number of halogens is 1. The van der Waals surface area contributed by atoms with E-state index in [1.165, 1.54) is 11.3 Å². The highest BCUT2D eigenvalue weighted by atomic mass is 35.5. The Hall–Kier alpha value is -2.23. The number of nitrogens with zero attached hydrogens (tertiary/aromatic N) is 3. The highest BCUT2D eigenvalue weighted by Crippen LogP contribution is 2.27. The quantitative estimate of drug-likeness (QED) is 0.619. The molecule has 0 atom stereocenters. The first-order chi connectivity index (χ1) is 13.3. The number of likely N-dealkylation sites (tertiary alicyclic amines) is 1. The van der Waals surface area contributed by atoms with Gasteiger partial charge in [0.25, 0.3) is 0 Å². The lowest BCUT2D eigenvalue weighted by Crippen LogP contribution is -2.33. The number of pyridine rings is 2. The predicted molar refractivity (Wildman–Crippen MR) is 110 cm³/mol. The van der Waals surface area contributed by atoms with Crippen LogP contribution in [0.25, 0.3) is 0 Å². The van der Waals surface area contributed by atoms with Gasteiger partial charge in [-0.05, 0) is 67.9 Å². The van der Waals surface area contributed by atoms with Gasteiger partial charge in [0.1, 0.15) is 0 Å². The van der Waals surface area contributed by atoms with Gasteiger partial charge < -0.3 is 0 Å². The molecule has 0 spiro atoms. The van der Waals surface area contributed by atoms with E-state index in [0.717, 1.165) is 55.3 Å². The van der Waals surface area contributed by atoms with Crippen LogP contribution < -0.4 is 0 Å². The van der Waals surface area contributed by atoms with Gasteiger partial charge in [-0.1, -0.05) is 35.9 Å². The van der Waals surface area contributed by atoms with Crippen molar-refractivity contribution in [2.24, 2.45) is 0 Å². The number of hydrogen-bond acceptors (Lipinski definition) is 3. The zero-order chi connectivity index (χ0) is 18.5. The van der Waals surface area contributed by atoms with Crippen LogP contribution >= 0.6 is 11.6 Å². The largest absolute Gasteiger partial charge is 0.297 e. The first-order valence-electron chi connectivity index (χ1n) is 9.59. The minimum Gasteiger partial charge on any atom is -0.297 e. The fourth-order valence-corrected chi connectivity index (χ4v) is 3.87. The third-order valence-electron chi connectivity index (χ3n) is 5.24. The summed E-state index contributed by atoms with van der Waals surface area (Å²) in [6.07, 6.45) is 5.04. The molecule has 0 saturated carbocycles. The van der Waals surface area contributed by atoms with Crippen molar-refractivity contribution in [3.63, 3.8) is 0 Å². The third-order valence-corrected chi connectivity index (χ3v) is 5.50. The molecule has 138 valence electrons. The number of hydrogen-bond donors (Lipinski definition) is 0. The molecule has 0 bridgehead atoms. The summed E-state index contributed by atoms with van der Waals surface area (Å²) in [6.45, 7) is 3.15. The molecular formula is C23H24ClN3. The van der Waals surface area contributed by atoms with Crippen LogP contribution in [-0.4, -0.2) is 28.0 Å². The van der Waals surface area contributed by atoms with Gasteiger partial charge in [-0.3, -0.25) is 14.9 Å². The van der Waals surface area contributed by atoms with Crippen molar-refractivity contribution in [1.29, 1.82) is 0 Å². The molecule has 1 saturated heterocycles. The van der Waals surface area contributed by atoms with E-state index >= 15 is 0 Å². The molecule has 0 N–H and O–H groups in total. The molecule has 0 unspecified atom stereocenters. The summed E-state index contributed by atoms with van der Waals surface area (Å²) in [6, 6.07) is 20.6. The molecule has 4 rings (SSSR count). The molecule has 4 heteroatoms. The van der Waals surface area contributed by atoms with Crippen LogP contribution in [0.4, 0.5) is 0 Å². The maximum Gasteiger partial charge on any atom is 0.0543 e. The monoisotopic (exact) mass is 377 g/mol. The molecule has 0 radical (unpaired) electrons. The van der Waals surface area contributed by atoms with Gasteiger partial charge in [0.15, 0.2) is 0 Å². The Bertz CT molecular complexity index is 856. The molecule has 27 heavy (non-hydrogen) atoms. The van der Waals surface area contributed by atoms with Crippen molar-refractivity contribution in [3.05, 3.63) is 94.5 Å². The van der Waals surface area contributed by atoms with E-state index in [-0.39, 0.29) is 0 Å². The van der Waals surface area contributed by atoms with Crippen molar-refractivity contribution in [2.45, 2.75) is 31.7 Å². The normalized spacial score (nSPS) is 15.7. The fraction of sp³-hybridized carbons (Fsp3) is 0.304. The van der Waals surface area contributed by atoms with Gasteiger partial charge in [0.05, 0.1) is 5.69 Å². The van der Waals surface area contributed by atoms with Crippen LogP contribution in [0.5, 0.6) is 0 Å². The van der Waals surface area contributed by atoms with Crippen molar-refractivity contribution in [2.75, 3.05) is 13.1 Å². The second-order valence-electron chi connectivity index (χ2n) is 7.23. The van der Waals surface area contributed by atoms with E-state index in [2.05, 4.69) is 52.3 Å². The maximum absolute atomic E-state index is 5.98. The molecule has 1 aliphatic rings. The second kappa shape index (κ2) is 8.64. The highest BCUT2D eigenvalue weighted by molar-refractivity contribution is 6.30. The molecule has 1 fully saturated rings. The van der Waals surface area contributed by atoms with E-state index in [4.69, 9.17) is 16.6 Å². The molecule has 3 nitrogen and oxygen atoms in total. The first-order valence-corrected chi connectivity index (χ1v) is 9.96. The third kappa shape index (κ3) is 4.94. The van der Waals surface area contributed by atoms with Gasteiger partial charge in [-0.15, -0.1) is 0 Å². The van der Waals surface area contributed by atoms with Crippen LogP contribution in [-0.2, 0) is 13.0 Å². The molecule has 3 heterocycles. The average molecular weight is 378 g/mol. The smallest absolute Gasteiger partial charge is 0.0543 e. The molecule has 0 aliphatic carbocycles. The number of aromatic nitrogens is 2. The number of piperidine rings is 1. The summed E-state index contributed by atoms with van der Waals surface area (Å²) >= 11 is 5.98. The van der Waals surface area contributed by atoms with Gasteiger partial charge in [0, 0.05) is 41.5 Å². The van der Waals surface area contributed by atoms with Crippen molar-refractivity contribution >= 4 is 11.6 Å². The summed E-state index contributed by atoms with van der Waals surface area (Å²) in [5.74, 6) is 0.551. The molecular weight excluding hydrogens is 354 g/mol. The van der Waals surface area contributed by atoms with E-state index in [1.54, 1.807) is 0 Å². The molecule has 1 aliphatic heterocycles. The van der Waals surface area contributed by atoms with Crippen LogP contribution in [0.2, 0.25) is 5.02 Å². The summed E-state index contributed by atoms with van der Waals surface area (Å²) in [5.41, 5.74) is 4.76. The van der Waals surface area contributed by atoms with E-state index in [1.807, 2.05) is 24.4 Å². The van der Waals surface area contributed by atoms with Crippen LogP contribution in [0.1, 0.15) is 41.4 Å². The number of benzene rings is 1. The minimum atomic E-state index is 0.551. The van der Waals surface area contributed by atoms with Crippen LogP contribution in [0.3, 0.4) is 0 Å². The molecule has 1 aromatic carbocycles. The standard InChI is InChI=1S/C23H24ClN3/c24-20-9-7-18(8-10-20)16-21-5-3-6-23(26-21)19-11-14-27(15-12-19)17-22-4-1-2-13-25-22/h1-10,13,19H,11-12,14-17H2. The van der Waals surface area contributed by atoms with Gasteiger partial charge in [-0.2, -0.15) is 0 Å². The Morgan fingerprint density at radius 3 is 2.41 bits per heavy atom. The van der Waals surface area contributed by atoms with E-state index in [9.17, 15) is 0 Å². The van der Waals surface area contributed by atoms with Gasteiger partial charge in [0.2, 0.25) is 0 Å². The summed E-state index contributed by atoms with van der Waals surface area (Å²) in [4.78, 5) is 11.9. The fourth-order valence-electron chi connectivity index (χ4n) is 3.74. The van der Waals surface area contributed by atoms with E-state index < -0.39 is 0 Å². The van der Waals surface area contributed by atoms with Crippen molar-refractivity contribution in [3.8, 4) is 0 Å². The molecule has 0 amide bonds. The lowest BCUT2D eigenvalue weighted by atomic mass is 9.92. The maximum atomic E-state index is 5.98. The van der Waals surface area contributed by atoms with Crippen LogP contribution in [0.15, 0.2) is 66.9 Å². The van der Waals surface area contributed by atoms with Crippen molar-refractivity contribution in [1.82, 2.24) is 14.9 Å². The Labute approximate surface area is 166 Å². The van der Waals surface area contributed by atoms with Crippen LogP contribution in [0, 0.1) is 0 Å². The van der Waals surface area contributed by atoms with Gasteiger partial charge in [-0.25, -0.2) is 0 Å². The summed E-state index contributed by atoms with van der Waals surface area (Å²) in [5, 5.41) is 0.776. The minimum absolute atomic E-state index is 0.551. The highest BCUT2D eigenvalue weighted by Gasteiger charge is 2.22. The molecule has 2 aromatic heterocycles. The lowest BCUT2D eigenvalue weighted by molar-refractivity contribution is 0.201. The summed E-state index contributed by atoms with van der Waals surface area (Å²) in [7, 11) is 0. The SMILES string of the molecule is Clc1ccc(Cc2cccc(C3CCN(Cc4ccccn4)CC3)n2)cc1. The van der Waals surface area contributed by atoms with Crippen molar-refractivity contribution < 1.29 is 0 Å².